The van der Waals surface area contributed by atoms with E-state index in [1.54, 1.807) is 0 Å². The molecule has 0 aliphatic heterocycles. The van der Waals surface area contributed by atoms with Gasteiger partial charge < -0.3 is 10.1 Å². The van der Waals surface area contributed by atoms with Crippen LogP contribution in [0.5, 0.6) is 0 Å². The molecule has 1 aromatic rings. The molecule has 21 heavy (non-hydrogen) atoms. The Hall–Kier alpha value is -1.58. The van der Waals surface area contributed by atoms with E-state index in [1.807, 2.05) is 0 Å². The summed E-state index contributed by atoms with van der Waals surface area (Å²) in [6.45, 7) is -0.303. The second-order valence-electron chi connectivity index (χ2n) is 4.06. The number of alkyl halides is 3. The standard InChI is InChI=1S/C11H13BrF3N3O3/c1-21-8(19)6-18-10(20)9(12)7(5-17-18)16-4-2-3-11(13,14)15/h5,16H,2-4,6H2,1H3. The maximum atomic E-state index is 12.0. The fourth-order valence-corrected chi connectivity index (χ4v) is 1.85. The Morgan fingerprint density at radius 1 is 1.52 bits per heavy atom. The number of nitrogens with zero attached hydrogens (tertiary/aromatic N) is 2. The third-order valence-corrected chi connectivity index (χ3v) is 3.21. The summed E-state index contributed by atoms with van der Waals surface area (Å²) in [7, 11) is 1.18. The van der Waals surface area contributed by atoms with Crippen molar-refractivity contribution in [3.8, 4) is 0 Å². The molecule has 1 N–H and O–H groups in total. The molecule has 6 nitrogen and oxygen atoms in total. The molecule has 0 saturated carbocycles. The molecule has 118 valence electrons. The van der Waals surface area contributed by atoms with E-state index in [1.165, 1.54) is 13.3 Å². The van der Waals surface area contributed by atoms with Gasteiger partial charge in [-0.25, -0.2) is 4.68 Å². The first-order valence-electron chi connectivity index (χ1n) is 5.87. The maximum absolute atomic E-state index is 12.0. The molecule has 1 rings (SSSR count). The van der Waals surface area contributed by atoms with E-state index in [0.29, 0.717) is 0 Å². The fourth-order valence-electron chi connectivity index (χ4n) is 1.40. The second kappa shape index (κ2) is 7.43. The van der Waals surface area contributed by atoms with Crippen LogP contribution < -0.4 is 10.9 Å². The Bertz CT molecular complexity index is 560. The first-order chi connectivity index (χ1) is 9.74. The highest BCUT2D eigenvalue weighted by Crippen LogP contribution is 2.22. The quantitative estimate of drug-likeness (QED) is 0.610. The van der Waals surface area contributed by atoms with Crippen LogP contribution in [0.3, 0.4) is 0 Å². The molecule has 0 fully saturated rings. The molecule has 10 heteroatoms. The van der Waals surface area contributed by atoms with Crippen LogP contribution in [0.2, 0.25) is 0 Å². The van der Waals surface area contributed by atoms with Crippen molar-refractivity contribution in [1.29, 1.82) is 0 Å². The number of carbonyl (C=O) groups is 1. The topological polar surface area (TPSA) is 73.2 Å². The highest BCUT2D eigenvalue weighted by atomic mass is 79.9. The molecule has 1 heterocycles. The number of carbonyl (C=O) groups excluding carboxylic acids is 1. The number of esters is 1. The van der Waals surface area contributed by atoms with Gasteiger partial charge in [-0.1, -0.05) is 0 Å². The van der Waals surface area contributed by atoms with Crippen molar-refractivity contribution in [2.24, 2.45) is 0 Å². The van der Waals surface area contributed by atoms with Crippen molar-refractivity contribution < 1.29 is 22.7 Å². The predicted molar refractivity (Wildman–Crippen MR) is 72.0 cm³/mol. The van der Waals surface area contributed by atoms with E-state index in [-0.39, 0.29) is 29.7 Å². The summed E-state index contributed by atoms with van der Waals surface area (Å²) in [4.78, 5) is 22.9. The molecule has 0 unspecified atom stereocenters. The summed E-state index contributed by atoms with van der Waals surface area (Å²) in [6, 6.07) is 0. The molecule has 0 radical (unpaired) electrons. The smallest absolute Gasteiger partial charge is 0.389 e. The zero-order valence-electron chi connectivity index (χ0n) is 11.0. The molecule has 0 saturated heterocycles. The van der Waals surface area contributed by atoms with Crippen molar-refractivity contribution >= 4 is 27.6 Å². The Morgan fingerprint density at radius 2 is 2.19 bits per heavy atom. The zero-order valence-corrected chi connectivity index (χ0v) is 12.6. The number of hydrogen-bond acceptors (Lipinski definition) is 5. The van der Waals surface area contributed by atoms with E-state index >= 15 is 0 Å². The third kappa shape index (κ3) is 5.74. The number of ether oxygens (including phenoxy) is 1. The molecule has 0 spiro atoms. The lowest BCUT2D eigenvalue weighted by molar-refractivity contribution is -0.141. The van der Waals surface area contributed by atoms with Crippen molar-refractivity contribution in [2.75, 3.05) is 19.0 Å². The van der Waals surface area contributed by atoms with E-state index < -0.39 is 24.1 Å². The number of methoxy groups -OCH3 is 1. The van der Waals surface area contributed by atoms with Crippen molar-refractivity contribution in [2.45, 2.75) is 25.6 Å². The number of hydrogen-bond donors (Lipinski definition) is 1. The molecular weight excluding hydrogens is 359 g/mol. The minimum absolute atomic E-state index is 0.0419. The minimum Gasteiger partial charge on any atom is -0.468 e. The molecule has 0 amide bonds. The lowest BCUT2D eigenvalue weighted by atomic mass is 10.3. The average molecular weight is 372 g/mol. The maximum Gasteiger partial charge on any atom is 0.389 e. The van der Waals surface area contributed by atoms with Gasteiger partial charge in [0.25, 0.3) is 5.56 Å². The predicted octanol–water partition coefficient (Wildman–Crippen LogP) is 1.93. The van der Waals surface area contributed by atoms with Crippen molar-refractivity contribution in [3.63, 3.8) is 0 Å². The molecule has 1 aromatic heterocycles. The monoisotopic (exact) mass is 371 g/mol. The summed E-state index contributed by atoms with van der Waals surface area (Å²) in [6.07, 6.45) is -3.99. The summed E-state index contributed by atoms with van der Waals surface area (Å²) in [5.41, 5.74) is -0.315. The number of aromatic nitrogens is 2. The summed E-state index contributed by atoms with van der Waals surface area (Å²) in [5.74, 6) is -0.637. The highest BCUT2D eigenvalue weighted by Gasteiger charge is 2.25. The van der Waals surface area contributed by atoms with Gasteiger partial charge in [0, 0.05) is 13.0 Å². The van der Waals surface area contributed by atoms with Gasteiger partial charge >= 0.3 is 12.1 Å². The van der Waals surface area contributed by atoms with Crippen LogP contribution in [0.1, 0.15) is 12.8 Å². The number of nitrogens with one attached hydrogen (secondary N) is 1. The summed E-state index contributed by atoms with van der Waals surface area (Å²) in [5, 5.41) is 6.43. The third-order valence-electron chi connectivity index (χ3n) is 2.44. The normalized spacial score (nSPS) is 11.3. The minimum atomic E-state index is -4.21. The molecular formula is C11H13BrF3N3O3. The Morgan fingerprint density at radius 3 is 2.76 bits per heavy atom. The van der Waals surface area contributed by atoms with Crippen LogP contribution in [0.4, 0.5) is 18.9 Å². The van der Waals surface area contributed by atoms with Crippen LogP contribution >= 0.6 is 15.9 Å². The van der Waals surface area contributed by atoms with Crippen LogP contribution in [0.15, 0.2) is 15.5 Å². The molecule has 0 aliphatic rings. The van der Waals surface area contributed by atoms with Crippen LogP contribution in [0.25, 0.3) is 0 Å². The number of rotatable bonds is 6. The summed E-state index contributed by atoms with van der Waals surface area (Å²) >= 11 is 3.02. The lowest BCUT2D eigenvalue weighted by Crippen LogP contribution is -2.28. The van der Waals surface area contributed by atoms with Crippen LogP contribution in [0, 0.1) is 0 Å². The molecule has 0 atom stereocenters. The largest absolute Gasteiger partial charge is 0.468 e. The summed E-state index contributed by atoms with van der Waals surface area (Å²) < 4.78 is 41.4. The Labute approximate surface area is 126 Å². The first-order valence-corrected chi connectivity index (χ1v) is 6.67. The van der Waals surface area contributed by atoms with Crippen molar-refractivity contribution in [3.05, 3.63) is 21.0 Å². The van der Waals surface area contributed by atoms with Gasteiger partial charge in [-0.05, 0) is 22.4 Å². The van der Waals surface area contributed by atoms with Crippen LogP contribution in [-0.4, -0.2) is 35.6 Å². The van der Waals surface area contributed by atoms with Crippen LogP contribution in [-0.2, 0) is 16.1 Å². The first kappa shape index (κ1) is 17.5. The van der Waals surface area contributed by atoms with Gasteiger partial charge in [-0.15, -0.1) is 0 Å². The highest BCUT2D eigenvalue weighted by molar-refractivity contribution is 9.10. The van der Waals surface area contributed by atoms with Gasteiger partial charge in [0.15, 0.2) is 0 Å². The SMILES string of the molecule is COC(=O)Cn1ncc(NCCCC(F)(F)F)c(Br)c1=O. The van der Waals surface area contributed by atoms with E-state index in [2.05, 4.69) is 31.1 Å². The average Bonchev–Trinajstić information content (AvgIpc) is 2.40. The van der Waals surface area contributed by atoms with Gasteiger partial charge in [0.05, 0.1) is 19.0 Å². The van der Waals surface area contributed by atoms with E-state index in [0.717, 1.165) is 4.68 Å². The van der Waals surface area contributed by atoms with Gasteiger partial charge in [-0.3, -0.25) is 9.59 Å². The van der Waals surface area contributed by atoms with E-state index in [4.69, 9.17) is 0 Å². The van der Waals surface area contributed by atoms with Crippen molar-refractivity contribution in [1.82, 2.24) is 9.78 Å². The Balaban J connectivity index is 2.67. The van der Waals surface area contributed by atoms with Gasteiger partial charge in [0.1, 0.15) is 11.0 Å². The number of halogens is 4. The second-order valence-corrected chi connectivity index (χ2v) is 4.85. The fraction of sp³-hybridized carbons (Fsp3) is 0.545. The number of anilines is 1. The molecule has 0 bridgehead atoms. The van der Waals surface area contributed by atoms with E-state index in [9.17, 15) is 22.8 Å². The Kier molecular flexibility index (Phi) is 6.19. The molecule has 0 aromatic carbocycles. The van der Waals surface area contributed by atoms with Gasteiger partial charge in [0.2, 0.25) is 0 Å². The molecule has 0 aliphatic carbocycles. The lowest BCUT2D eigenvalue weighted by Gasteiger charge is -2.10. The zero-order chi connectivity index (χ0) is 16.0. The van der Waals surface area contributed by atoms with Gasteiger partial charge in [-0.2, -0.15) is 18.3 Å².